The average Bonchev–Trinajstić information content (AvgIpc) is 3.18. The predicted octanol–water partition coefficient (Wildman–Crippen LogP) is 4.81. The Morgan fingerprint density at radius 1 is 1.09 bits per heavy atom. The number of aromatic nitrogens is 2. The Bertz CT molecular complexity index is 1300. The molecular formula is C27H28N4O3S. The maximum atomic E-state index is 13.4. The molecule has 1 aliphatic rings. The molecule has 180 valence electrons. The summed E-state index contributed by atoms with van der Waals surface area (Å²) in [6.45, 7) is 4.87. The minimum absolute atomic E-state index is 0.0326. The number of carbonyl (C=O) groups excluding carboxylic acids is 2. The fourth-order valence-corrected chi connectivity index (χ4v) is 4.96. The quantitative estimate of drug-likeness (QED) is 0.367. The lowest BCUT2D eigenvalue weighted by Crippen LogP contribution is -2.31. The molecule has 4 aromatic rings. The maximum Gasteiger partial charge on any atom is 0.251 e. The van der Waals surface area contributed by atoms with Crippen LogP contribution in [0.25, 0.3) is 5.13 Å². The van der Waals surface area contributed by atoms with E-state index in [1.165, 1.54) is 11.3 Å². The van der Waals surface area contributed by atoms with Gasteiger partial charge >= 0.3 is 0 Å². The number of hydrogen-bond acceptors (Lipinski definition) is 5. The first-order valence-electron chi connectivity index (χ1n) is 11.8. The second-order valence-electron chi connectivity index (χ2n) is 9.02. The standard InChI is InChI=1S/C27H28N4O3S/c1-18-5-6-19(2)31(18)27-29-23(17-35-27)14-25(32)30(16-24-4-3-13-34-24)15-20-7-9-21(10-8-20)26(33)28-22-11-12-22/h3-10,13,17,22H,11-12,14-16H2,1-2H3,(H,28,33). The predicted molar refractivity (Wildman–Crippen MR) is 135 cm³/mol. The van der Waals surface area contributed by atoms with Crippen LogP contribution in [-0.4, -0.2) is 32.3 Å². The number of rotatable bonds is 9. The summed E-state index contributed by atoms with van der Waals surface area (Å²) >= 11 is 1.54. The minimum atomic E-state index is -0.0462. The summed E-state index contributed by atoms with van der Waals surface area (Å²) < 4.78 is 7.61. The van der Waals surface area contributed by atoms with Crippen molar-refractivity contribution in [3.63, 3.8) is 0 Å². The summed E-state index contributed by atoms with van der Waals surface area (Å²) in [6, 6.07) is 15.6. The number of nitrogens with zero attached hydrogens (tertiary/aromatic N) is 3. The van der Waals surface area contributed by atoms with Gasteiger partial charge in [0.05, 0.1) is 24.9 Å². The van der Waals surface area contributed by atoms with Crippen LogP contribution in [0.15, 0.2) is 64.6 Å². The van der Waals surface area contributed by atoms with Gasteiger partial charge in [0.2, 0.25) is 5.91 Å². The van der Waals surface area contributed by atoms with Gasteiger partial charge in [-0.15, -0.1) is 11.3 Å². The molecule has 0 radical (unpaired) electrons. The first-order valence-corrected chi connectivity index (χ1v) is 12.6. The molecule has 0 atom stereocenters. The lowest BCUT2D eigenvalue weighted by molar-refractivity contribution is -0.132. The van der Waals surface area contributed by atoms with E-state index in [2.05, 4.69) is 22.0 Å². The first kappa shape index (κ1) is 23.1. The van der Waals surface area contributed by atoms with Crippen LogP contribution >= 0.6 is 11.3 Å². The summed E-state index contributed by atoms with van der Waals surface area (Å²) in [6.07, 6.45) is 3.93. The number of carbonyl (C=O) groups is 2. The molecule has 1 aromatic carbocycles. The molecule has 0 spiro atoms. The zero-order valence-electron chi connectivity index (χ0n) is 19.9. The van der Waals surface area contributed by atoms with E-state index in [-0.39, 0.29) is 18.2 Å². The molecule has 1 aliphatic carbocycles. The van der Waals surface area contributed by atoms with E-state index in [4.69, 9.17) is 9.40 Å². The van der Waals surface area contributed by atoms with Crippen LogP contribution in [0, 0.1) is 13.8 Å². The average molecular weight is 489 g/mol. The molecule has 0 saturated heterocycles. The van der Waals surface area contributed by atoms with Crippen molar-refractivity contribution >= 4 is 23.2 Å². The fraction of sp³-hybridized carbons (Fsp3) is 0.296. The normalized spacial score (nSPS) is 13.1. The van der Waals surface area contributed by atoms with E-state index in [0.717, 1.165) is 46.4 Å². The van der Waals surface area contributed by atoms with Crippen LogP contribution in [0.4, 0.5) is 0 Å². The molecule has 3 aromatic heterocycles. The first-order chi connectivity index (χ1) is 17.0. The number of amides is 2. The molecule has 5 rings (SSSR count). The number of thiazole rings is 1. The van der Waals surface area contributed by atoms with Crippen molar-refractivity contribution < 1.29 is 14.0 Å². The number of furan rings is 1. The summed E-state index contributed by atoms with van der Waals surface area (Å²) in [5.41, 5.74) is 4.56. The van der Waals surface area contributed by atoms with Crippen molar-refractivity contribution in [3.8, 4) is 5.13 Å². The van der Waals surface area contributed by atoms with Gasteiger partial charge in [0.1, 0.15) is 5.76 Å². The zero-order chi connectivity index (χ0) is 24.4. The van der Waals surface area contributed by atoms with Gasteiger partial charge in [-0.05, 0) is 68.7 Å². The molecule has 1 N–H and O–H groups in total. The van der Waals surface area contributed by atoms with Crippen molar-refractivity contribution in [2.75, 3.05) is 0 Å². The highest BCUT2D eigenvalue weighted by atomic mass is 32.1. The van der Waals surface area contributed by atoms with Gasteiger partial charge in [0.15, 0.2) is 5.13 Å². The van der Waals surface area contributed by atoms with Crippen molar-refractivity contribution in [2.24, 2.45) is 0 Å². The molecule has 0 aliphatic heterocycles. The number of nitrogens with one attached hydrogen (secondary N) is 1. The van der Waals surface area contributed by atoms with Crippen LogP contribution in [0.2, 0.25) is 0 Å². The maximum absolute atomic E-state index is 13.4. The Hall–Kier alpha value is -3.65. The number of aryl methyl sites for hydroxylation is 2. The Labute approximate surface area is 208 Å². The van der Waals surface area contributed by atoms with E-state index < -0.39 is 0 Å². The van der Waals surface area contributed by atoms with Crippen LogP contribution in [0.5, 0.6) is 0 Å². The molecule has 0 bridgehead atoms. The largest absolute Gasteiger partial charge is 0.467 e. The highest BCUT2D eigenvalue weighted by Gasteiger charge is 2.24. The van der Waals surface area contributed by atoms with E-state index in [0.29, 0.717) is 24.7 Å². The summed E-state index contributed by atoms with van der Waals surface area (Å²) in [7, 11) is 0. The van der Waals surface area contributed by atoms with Gasteiger partial charge in [0.25, 0.3) is 5.91 Å². The van der Waals surface area contributed by atoms with Gasteiger partial charge in [0, 0.05) is 34.9 Å². The van der Waals surface area contributed by atoms with Crippen LogP contribution < -0.4 is 5.32 Å². The number of benzene rings is 1. The molecule has 8 heteroatoms. The van der Waals surface area contributed by atoms with E-state index >= 15 is 0 Å². The third kappa shape index (κ3) is 5.54. The third-order valence-corrected chi connectivity index (χ3v) is 6.99. The highest BCUT2D eigenvalue weighted by molar-refractivity contribution is 7.12. The molecular weight excluding hydrogens is 460 g/mol. The van der Waals surface area contributed by atoms with Crippen LogP contribution in [0.3, 0.4) is 0 Å². The van der Waals surface area contributed by atoms with Crippen molar-refractivity contribution in [2.45, 2.75) is 52.2 Å². The van der Waals surface area contributed by atoms with Crippen LogP contribution in [-0.2, 0) is 24.3 Å². The smallest absolute Gasteiger partial charge is 0.251 e. The Morgan fingerprint density at radius 2 is 1.83 bits per heavy atom. The topological polar surface area (TPSA) is 80.4 Å². The molecule has 35 heavy (non-hydrogen) atoms. The third-order valence-electron chi connectivity index (χ3n) is 6.12. The Balaban J connectivity index is 1.29. The lowest BCUT2D eigenvalue weighted by Gasteiger charge is -2.22. The van der Waals surface area contributed by atoms with Gasteiger partial charge in [-0.25, -0.2) is 4.98 Å². The van der Waals surface area contributed by atoms with Gasteiger partial charge in [-0.2, -0.15) is 0 Å². The zero-order valence-corrected chi connectivity index (χ0v) is 20.7. The van der Waals surface area contributed by atoms with E-state index in [9.17, 15) is 9.59 Å². The monoisotopic (exact) mass is 488 g/mol. The molecule has 0 unspecified atom stereocenters. The van der Waals surface area contributed by atoms with Gasteiger partial charge in [-0.3, -0.25) is 14.2 Å². The minimum Gasteiger partial charge on any atom is -0.467 e. The van der Waals surface area contributed by atoms with Gasteiger partial charge < -0.3 is 14.6 Å². The molecule has 2 amide bonds. The van der Waals surface area contributed by atoms with E-state index in [1.807, 2.05) is 55.6 Å². The van der Waals surface area contributed by atoms with Crippen molar-refractivity contribution in [3.05, 3.63) is 94.1 Å². The Morgan fingerprint density at radius 3 is 2.49 bits per heavy atom. The molecule has 1 saturated carbocycles. The summed E-state index contributed by atoms with van der Waals surface area (Å²) in [4.78, 5) is 32.1. The number of hydrogen-bond donors (Lipinski definition) is 1. The lowest BCUT2D eigenvalue weighted by atomic mass is 10.1. The SMILES string of the molecule is Cc1ccc(C)n1-c1nc(CC(=O)N(Cc2ccc(C(=O)NC3CC3)cc2)Cc2ccco2)cs1. The highest BCUT2D eigenvalue weighted by Crippen LogP contribution is 2.22. The second-order valence-corrected chi connectivity index (χ2v) is 9.86. The van der Waals surface area contributed by atoms with Gasteiger partial charge in [-0.1, -0.05) is 12.1 Å². The van der Waals surface area contributed by atoms with Crippen molar-refractivity contribution in [1.29, 1.82) is 0 Å². The summed E-state index contributed by atoms with van der Waals surface area (Å²) in [5, 5.41) is 5.82. The van der Waals surface area contributed by atoms with E-state index in [1.54, 1.807) is 11.2 Å². The van der Waals surface area contributed by atoms with Crippen LogP contribution in [0.1, 0.15) is 51.6 Å². The molecule has 7 nitrogen and oxygen atoms in total. The molecule has 3 heterocycles. The summed E-state index contributed by atoms with van der Waals surface area (Å²) in [5.74, 6) is 0.640. The second kappa shape index (κ2) is 9.92. The Kier molecular flexibility index (Phi) is 6.55. The fourth-order valence-electron chi connectivity index (χ4n) is 4.02. The van der Waals surface area contributed by atoms with Crippen molar-refractivity contribution in [1.82, 2.24) is 19.8 Å². The molecule has 1 fully saturated rings.